The fraction of sp³-hybridized carbons (Fsp3) is 0.444. The van der Waals surface area contributed by atoms with Gasteiger partial charge in [0.15, 0.2) is 0 Å². The Morgan fingerprint density at radius 2 is 2.04 bits per heavy atom. The quantitative estimate of drug-likeness (QED) is 0.941. The molecule has 1 fully saturated rings. The number of para-hydroxylation sites is 1. The van der Waals surface area contributed by atoms with Crippen LogP contribution in [0.25, 0.3) is 10.9 Å². The van der Waals surface area contributed by atoms with Crippen LogP contribution in [0, 0.1) is 11.3 Å². The van der Waals surface area contributed by atoms with Gasteiger partial charge in [0.1, 0.15) is 0 Å². The molecule has 2 heterocycles. The fourth-order valence-electron chi connectivity index (χ4n) is 3.23. The third-order valence-corrected chi connectivity index (χ3v) is 4.69. The Kier molecular flexibility index (Phi) is 4.63. The number of H-pyrrole nitrogens is 1. The number of piperazine rings is 1. The van der Waals surface area contributed by atoms with Crippen molar-refractivity contribution in [2.24, 2.45) is 0 Å². The molecule has 0 saturated carbocycles. The van der Waals surface area contributed by atoms with Crippen molar-refractivity contribution in [2.75, 3.05) is 26.2 Å². The van der Waals surface area contributed by atoms with Gasteiger partial charge in [0.05, 0.1) is 18.9 Å². The van der Waals surface area contributed by atoms with Crippen LogP contribution in [0.4, 0.5) is 0 Å². The average Bonchev–Trinajstić information content (AvgIpc) is 2.98. The lowest BCUT2D eigenvalue weighted by Crippen LogP contribution is -2.51. The lowest BCUT2D eigenvalue weighted by Gasteiger charge is -2.37. The van der Waals surface area contributed by atoms with Gasteiger partial charge in [-0.2, -0.15) is 5.26 Å². The zero-order valence-corrected chi connectivity index (χ0v) is 13.5. The summed E-state index contributed by atoms with van der Waals surface area (Å²) in [7, 11) is 0. The van der Waals surface area contributed by atoms with Crippen molar-refractivity contribution in [3.05, 3.63) is 36.0 Å². The number of amides is 1. The molecule has 3 rings (SSSR count). The molecule has 1 N–H and O–H groups in total. The minimum absolute atomic E-state index is 0.183. The Labute approximate surface area is 136 Å². The molecule has 0 bridgehead atoms. The van der Waals surface area contributed by atoms with Crippen molar-refractivity contribution in [3.63, 3.8) is 0 Å². The number of carbonyl (C=O) groups excluding carboxylic acids is 1. The first kappa shape index (κ1) is 15.6. The van der Waals surface area contributed by atoms with Crippen LogP contribution < -0.4 is 0 Å². The van der Waals surface area contributed by atoms with Crippen molar-refractivity contribution in [2.45, 2.75) is 25.8 Å². The number of benzene rings is 1. The van der Waals surface area contributed by atoms with Crippen LogP contribution in [0.3, 0.4) is 0 Å². The van der Waals surface area contributed by atoms with E-state index in [0.29, 0.717) is 12.8 Å². The Morgan fingerprint density at radius 1 is 1.30 bits per heavy atom. The molecule has 120 valence electrons. The average molecular weight is 310 g/mol. The number of fused-ring (bicyclic) bond motifs is 1. The van der Waals surface area contributed by atoms with Gasteiger partial charge >= 0.3 is 0 Å². The standard InChI is InChI=1S/C18H22N4O/c1-14(6-7-19)21-8-10-22(11-9-21)18(23)12-15-13-20-17-5-3-2-4-16(15)17/h2-5,13-14,20H,6,8-12H2,1H3. The molecule has 1 amide bonds. The molecule has 1 aliphatic heterocycles. The Bertz CT molecular complexity index is 722. The van der Waals surface area contributed by atoms with Crippen LogP contribution in [0.1, 0.15) is 18.9 Å². The van der Waals surface area contributed by atoms with Gasteiger partial charge in [0.25, 0.3) is 0 Å². The lowest BCUT2D eigenvalue weighted by atomic mass is 10.1. The van der Waals surface area contributed by atoms with Gasteiger partial charge in [-0.15, -0.1) is 0 Å². The lowest BCUT2D eigenvalue weighted by molar-refractivity contribution is -0.132. The molecule has 23 heavy (non-hydrogen) atoms. The van der Waals surface area contributed by atoms with Gasteiger partial charge in [-0.3, -0.25) is 9.69 Å². The number of aromatic amines is 1. The van der Waals surface area contributed by atoms with Gasteiger partial charge < -0.3 is 9.88 Å². The topological polar surface area (TPSA) is 63.1 Å². The number of carbonyl (C=O) groups is 1. The number of nitrogens with zero attached hydrogens (tertiary/aromatic N) is 3. The summed E-state index contributed by atoms with van der Waals surface area (Å²) in [5, 5.41) is 9.92. The van der Waals surface area contributed by atoms with E-state index in [9.17, 15) is 4.79 Å². The Balaban J connectivity index is 1.59. The van der Waals surface area contributed by atoms with E-state index in [4.69, 9.17) is 5.26 Å². The molecule has 5 nitrogen and oxygen atoms in total. The zero-order chi connectivity index (χ0) is 16.2. The van der Waals surface area contributed by atoms with Gasteiger partial charge in [-0.25, -0.2) is 0 Å². The maximum Gasteiger partial charge on any atom is 0.227 e. The summed E-state index contributed by atoms with van der Waals surface area (Å²) in [6, 6.07) is 10.6. The second-order valence-corrected chi connectivity index (χ2v) is 6.16. The first-order valence-electron chi connectivity index (χ1n) is 8.13. The molecule has 2 aromatic rings. The predicted octanol–water partition coefficient (Wildman–Crippen LogP) is 2.16. The molecule has 0 spiro atoms. The van der Waals surface area contributed by atoms with Crippen molar-refractivity contribution in [3.8, 4) is 6.07 Å². The van der Waals surface area contributed by atoms with E-state index in [1.54, 1.807) is 0 Å². The second kappa shape index (κ2) is 6.84. The molecule has 1 aromatic heterocycles. The zero-order valence-electron chi connectivity index (χ0n) is 13.5. The highest BCUT2D eigenvalue weighted by Crippen LogP contribution is 2.19. The van der Waals surface area contributed by atoms with Gasteiger partial charge in [-0.05, 0) is 18.6 Å². The van der Waals surface area contributed by atoms with Crippen LogP contribution in [-0.2, 0) is 11.2 Å². The van der Waals surface area contributed by atoms with Crippen molar-refractivity contribution < 1.29 is 4.79 Å². The molecule has 1 aliphatic rings. The number of aromatic nitrogens is 1. The van der Waals surface area contributed by atoms with Crippen molar-refractivity contribution in [1.29, 1.82) is 5.26 Å². The third kappa shape index (κ3) is 3.38. The number of hydrogen-bond donors (Lipinski definition) is 1. The maximum atomic E-state index is 12.6. The summed E-state index contributed by atoms with van der Waals surface area (Å²) >= 11 is 0. The van der Waals surface area contributed by atoms with Crippen molar-refractivity contribution in [1.82, 2.24) is 14.8 Å². The summed E-state index contributed by atoms with van der Waals surface area (Å²) < 4.78 is 0. The molecule has 1 aromatic carbocycles. The van der Waals surface area contributed by atoms with Crippen LogP contribution in [0.5, 0.6) is 0 Å². The predicted molar refractivity (Wildman–Crippen MR) is 89.8 cm³/mol. The maximum absolute atomic E-state index is 12.6. The minimum Gasteiger partial charge on any atom is -0.361 e. The Hall–Kier alpha value is -2.32. The van der Waals surface area contributed by atoms with E-state index in [1.807, 2.05) is 29.3 Å². The van der Waals surface area contributed by atoms with Crippen molar-refractivity contribution >= 4 is 16.8 Å². The first-order valence-corrected chi connectivity index (χ1v) is 8.13. The van der Waals surface area contributed by atoms with E-state index in [-0.39, 0.29) is 11.9 Å². The molecular formula is C18H22N4O. The Morgan fingerprint density at radius 3 is 2.78 bits per heavy atom. The van der Waals surface area contributed by atoms with Gasteiger partial charge in [0, 0.05) is 49.3 Å². The summed E-state index contributed by atoms with van der Waals surface area (Å²) in [6.07, 6.45) is 2.93. The summed E-state index contributed by atoms with van der Waals surface area (Å²) in [6.45, 7) is 5.27. The van der Waals surface area contributed by atoms with E-state index in [0.717, 1.165) is 42.6 Å². The van der Waals surface area contributed by atoms with Gasteiger partial charge in [0.2, 0.25) is 5.91 Å². The highest BCUT2D eigenvalue weighted by molar-refractivity contribution is 5.88. The van der Waals surface area contributed by atoms with Crippen LogP contribution in [0.2, 0.25) is 0 Å². The third-order valence-electron chi connectivity index (χ3n) is 4.69. The van der Waals surface area contributed by atoms with E-state index >= 15 is 0 Å². The highest BCUT2D eigenvalue weighted by Gasteiger charge is 2.24. The molecule has 5 heteroatoms. The molecule has 1 unspecified atom stereocenters. The first-order chi connectivity index (χ1) is 11.2. The fourth-order valence-corrected chi connectivity index (χ4v) is 3.23. The number of hydrogen-bond acceptors (Lipinski definition) is 3. The molecule has 1 saturated heterocycles. The normalized spacial score (nSPS) is 17.1. The van der Waals surface area contributed by atoms with Crippen LogP contribution >= 0.6 is 0 Å². The van der Waals surface area contributed by atoms with Crippen LogP contribution in [-0.4, -0.2) is 52.9 Å². The van der Waals surface area contributed by atoms with Gasteiger partial charge in [-0.1, -0.05) is 18.2 Å². The smallest absolute Gasteiger partial charge is 0.227 e. The minimum atomic E-state index is 0.183. The van der Waals surface area contributed by atoms with E-state index < -0.39 is 0 Å². The highest BCUT2D eigenvalue weighted by atomic mass is 16.2. The molecule has 1 atom stereocenters. The molecule has 0 radical (unpaired) electrons. The molecular weight excluding hydrogens is 288 g/mol. The summed E-state index contributed by atoms with van der Waals surface area (Å²) in [5.41, 5.74) is 2.14. The summed E-state index contributed by atoms with van der Waals surface area (Å²) in [4.78, 5) is 20.0. The number of nitrogens with one attached hydrogen (secondary N) is 1. The molecule has 0 aliphatic carbocycles. The number of nitriles is 1. The van der Waals surface area contributed by atoms with E-state index in [1.165, 1.54) is 0 Å². The largest absolute Gasteiger partial charge is 0.361 e. The number of rotatable bonds is 4. The van der Waals surface area contributed by atoms with Crippen LogP contribution in [0.15, 0.2) is 30.5 Å². The second-order valence-electron chi connectivity index (χ2n) is 6.16. The monoisotopic (exact) mass is 310 g/mol. The SMILES string of the molecule is CC(CC#N)N1CCN(C(=O)Cc2c[nH]c3ccccc23)CC1. The van der Waals surface area contributed by atoms with E-state index in [2.05, 4.69) is 28.9 Å². The summed E-state index contributed by atoms with van der Waals surface area (Å²) in [5.74, 6) is 0.183.